The van der Waals surface area contributed by atoms with Crippen molar-refractivity contribution in [2.45, 2.75) is 26.1 Å². The molecular formula is C6H10ClO2-. The Morgan fingerprint density at radius 2 is 2.00 bits per heavy atom. The highest BCUT2D eigenvalue weighted by Gasteiger charge is 2.25. The Morgan fingerprint density at radius 1 is 1.67 bits per heavy atom. The van der Waals surface area contributed by atoms with E-state index in [1.54, 1.807) is 20.8 Å². The second kappa shape index (κ2) is 2.56. The number of hydrogen-bond acceptors (Lipinski definition) is 2. The Morgan fingerprint density at radius 3 is 2.00 bits per heavy atom. The Balaban J connectivity index is 4.19. The zero-order valence-corrected chi connectivity index (χ0v) is 6.53. The minimum Gasteiger partial charge on any atom is -0.550 e. The first-order chi connectivity index (χ1) is 3.89. The second-order valence-corrected chi connectivity index (χ2v) is 3.28. The Hall–Kier alpha value is -0.240. The molecule has 0 bridgehead atoms. The molecule has 0 fully saturated rings. The summed E-state index contributed by atoms with van der Waals surface area (Å²) in [4.78, 5) is 10.3. The van der Waals surface area contributed by atoms with Gasteiger partial charge in [0.15, 0.2) is 0 Å². The number of hydrogen-bond donors (Lipinski definition) is 0. The molecule has 1 unspecified atom stereocenters. The summed E-state index contributed by atoms with van der Waals surface area (Å²) < 4.78 is 0. The van der Waals surface area contributed by atoms with Crippen molar-refractivity contribution in [2.75, 3.05) is 0 Å². The molecule has 0 radical (unpaired) electrons. The lowest BCUT2D eigenvalue weighted by molar-refractivity contribution is -0.317. The number of carbonyl (C=O) groups excluding carboxylic acids is 1. The molecule has 0 heterocycles. The molecule has 1 atom stereocenters. The number of aliphatic carboxylic acids is 1. The fourth-order valence-corrected chi connectivity index (χ4v) is 0.251. The van der Waals surface area contributed by atoms with Gasteiger partial charge < -0.3 is 9.90 Å². The molecule has 0 saturated heterocycles. The molecule has 0 N–H and O–H groups in total. The van der Waals surface area contributed by atoms with Crippen LogP contribution in [0.2, 0.25) is 0 Å². The minimum atomic E-state index is -1.11. The van der Waals surface area contributed by atoms with E-state index in [4.69, 9.17) is 11.6 Å². The third-order valence-electron chi connectivity index (χ3n) is 1.52. The van der Waals surface area contributed by atoms with E-state index in [-0.39, 0.29) is 0 Å². The maximum absolute atomic E-state index is 10.3. The molecule has 0 spiro atoms. The number of halogens is 1. The number of carbonyl (C=O) groups is 1. The summed E-state index contributed by atoms with van der Waals surface area (Å²) in [5.74, 6) is -1.11. The van der Waals surface area contributed by atoms with E-state index in [1.165, 1.54) is 0 Å². The normalized spacial score (nSPS) is 15.1. The van der Waals surface area contributed by atoms with Crippen LogP contribution in [0.5, 0.6) is 0 Å². The summed E-state index contributed by atoms with van der Waals surface area (Å²) in [5.41, 5.74) is -0.929. The number of carboxylic acid groups (broad SMARTS) is 1. The van der Waals surface area contributed by atoms with Crippen LogP contribution in [0.15, 0.2) is 0 Å². The summed E-state index contributed by atoms with van der Waals surface area (Å²) in [6.07, 6.45) is 0. The van der Waals surface area contributed by atoms with Gasteiger partial charge in [-0.3, -0.25) is 0 Å². The van der Waals surface area contributed by atoms with Crippen LogP contribution in [0.25, 0.3) is 0 Å². The summed E-state index contributed by atoms with van der Waals surface area (Å²) in [7, 11) is 0. The first kappa shape index (κ1) is 8.76. The van der Waals surface area contributed by atoms with E-state index in [0.29, 0.717) is 0 Å². The summed E-state index contributed by atoms with van der Waals surface area (Å²) in [6, 6.07) is 0. The smallest absolute Gasteiger partial charge is 0.0485 e. The molecule has 2 nitrogen and oxygen atoms in total. The molecule has 0 aromatic rings. The van der Waals surface area contributed by atoms with Crippen LogP contribution in [0.4, 0.5) is 0 Å². The molecule has 0 rings (SSSR count). The quantitative estimate of drug-likeness (QED) is 0.533. The average Bonchev–Trinajstić information content (AvgIpc) is 1.65. The van der Waals surface area contributed by atoms with Crippen molar-refractivity contribution in [1.29, 1.82) is 0 Å². The van der Waals surface area contributed by atoms with Crippen molar-refractivity contribution in [3.8, 4) is 0 Å². The van der Waals surface area contributed by atoms with Crippen LogP contribution in [0, 0.1) is 5.41 Å². The topological polar surface area (TPSA) is 40.1 Å². The fraction of sp³-hybridized carbons (Fsp3) is 0.833. The molecular weight excluding hydrogens is 140 g/mol. The van der Waals surface area contributed by atoms with Crippen molar-refractivity contribution in [3.05, 3.63) is 0 Å². The molecule has 0 aliphatic carbocycles. The van der Waals surface area contributed by atoms with Gasteiger partial charge in [0, 0.05) is 16.8 Å². The highest BCUT2D eigenvalue weighted by Crippen LogP contribution is 2.23. The molecule has 54 valence electrons. The van der Waals surface area contributed by atoms with Gasteiger partial charge >= 0.3 is 0 Å². The van der Waals surface area contributed by atoms with Crippen molar-refractivity contribution in [2.24, 2.45) is 5.41 Å². The van der Waals surface area contributed by atoms with E-state index in [1.807, 2.05) is 0 Å². The van der Waals surface area contributed by atoms with Crippen LogP contribution in [0.1, 0.15) is 20.8 Å². The highest BCUT2D eigenvalue weighted by atomic mass is 35.5. The van der Waals surface area contributed by atoms with Crippen LogP contribution >= 0.6 is 11.6 Å². The van der Waals surface area contributed by atoms with Gasteiger partial charge in [0.25, 0.3) is 0 Å². The van der Waals surface area contributed by atoms with Gasteiger partial charge in [-0.2, -0.15) is 0 Å². The fourth-order valence-electron chi connectivity index (χ4n) is 0.162. The Bertz CT molecular complexity index is 118. The molecule has 0 aliphatic rings. The monoisotopic (exact) mass is 149 g/mol. The van der Waals surface area contributed by atoms with Crippen LogP contribution in [-0.4, -0.2) is 11.3 Å². The van der Waals surface area contributed by atoms with E-state index in [0.717, 1.165) is 0 Å². The van der Waals surface area contributed by atoms with Gasteiger partial charge in [-0.1, -0.05) is 13.8 Å². The minimum absolute atomic E-state index is 0.400. The van der Waals surface area contributed by atoms with E-state index >= 15 is 0 Å². The van der Waals surface area contributed by atoms with Gasteiger partial charge in [0.05, 0.1) is 0 Å². The zero-order valence-electron chi connectivity index (χ0n) is 5.77. The third kappa shape index (κ3) is 1.86. The number of carboxylic acids is 1. The van der Waals surface area contributed by atoms with E-state index in [2.05, 4.69) is 0 Å². The van der Waals surface area contributed by atoms with Crippen LogP contribution < -0.4 is 5.11 Å². The van der Waals surface area contributed by atoms with Crippen molar-refractivity contribution >= 4 is 17.6 Å². The summed E-state index contributed by atoms with van der Waals surface area (Å²) in [5, 5.41) is 9.87. The van der Waals surface area contributed by atoms with Crippen LogP contribution in [-0.2, 0) is 4.79 Å². The molecule has 0 aromatic heterocycles. The molecule has 0 aromatic carbocycles. The third-order valence-corrected chi connectivity index (χ3v) is 2.07. The lowest BCUT2D eigenvalue weighted by atomic mass is 9.90. The van der Waals surface area contributed by atoms with E-state index < -0.39 is 16.8 Å². The second-order valence-electron chi connectivity index (χ2n) is 2.63. The predicted molar refractivity (Wildman–Crippen MR) is 34.1 cm³/mol. The maximum atomic E-state index is 10.3. The standard InChI is InChI=1S/C6H11ClO2/c1-4(7)6(2,3)5(8)9/h4H,1-3H3,(H,8,9)/p-1. The lowest BCUT2D eigenvalue weighted by Gasteiger charge is -2.28. The maximum Gasteiger partial charge on any atom is 0.0485 e. The molecule has 0 aliphatic heterocycles. The lowest BCUT2D eigenvalue weighted by Crippen LogP contribution is -2.42. The predicted octanol–water partition coefficient (Wildman–Crippen LogP) is 0.390. The summed E-state index contributed by atoms with van der Waals surface area (Å²) >= 11 is 5.54. The molecule has 0 amide bonds. The number of rotatable bonds is 2. The van der Waals surface area contributed by atoms with Gasteiger partial charge in [-0.05, 0) is 6.92 Å². The number of alkyl halides is 1. The molecule has 3 heteroatoms. The molecule has 0 saturated carbocycles. The SMILES string of the molecule is CC(Cl)C(C)(C)C(=O)[O-]. The summed E-state index contributed by atoms with van der Waals surface area (Å²) in [6.45, 7) is 4.72. The van der Waals surface area contributed by atoms with Crippen molar-refractivity contribution < 1.29 is 9.90 Å². The largest absolute Gasteiger partial charge is 0.550 e. The Labute approximate surface area is 59.8 Å². The van der Waals surface area contributed by atoms with Crippen LogP contribution in [0.3, 0.4) is 0 Å². The average molecular weight is 150 g/mol. The van der Waals surface area contributed by atoms with Crippen molar-refractivity contribution in [3.63, 3.8) is 0 Å². The van der Waals surface area contributed by atoms with Gasteiger partial charge in [-0.15, -0.1) is 11.6 Å². The van der Waals surface area contributed by atoms with Gasteiger partial charge in [-0.25, -0.2) is 0 Å². The van der Waals surface area contributed by atoms with Crippen molar-refractivity contribution in [1.82, 2.24) is 0 Å². The van der Waals surface area contributed by atoms with E-state index in [9.17, 15) is 9.90 Å². The van der Waals surface area contributed by atoms with Gasteiger partial charge in [0.1, 0.15) is 0 Å². The Kier molecular flexibility index (Phi) is 2.50. The first-order valence-electron chi connectivity index (χ1n) is 2.74. The highest BCUT2D eigenvalue weighted by molar-refractivity contribution is 6.22. The molecule has 9 heavy (non-hydrogen) atoms. The van der Waals surface area contributed by atoms with Gasteiger partial charge in [0.2, 0.25) is 0 Å². The zero-order chi connectivity index (χ0) is 7.65. The first-order valence-corrected chi connectivity index (χ1v) is 3.18.